The molecule has 0 saturated carbocycles. The van der Waals surface area contributed by atoms with E-state index in [1.54, 1.807) is 25.6 Å². The van der Waals surface area contributed by atoms with Crippen LogP contribution in [0.15, 0.2) is 23.6 Å². The molecule has 0 bridgehead atoms. The third-order valence-corrected chi connectivity index (χ3v) is 1.54. The van der Waals surface area contributed by atoms with Gasteiger partial charge in [0.15, 0.2) is 5.96 Å². The van der Waals surface area contributed by atoms with Gasteiger partial charge in [-0.1, -0.05) is 0 Å². The fourth-order valence-corrected chi connectivity index (χ4v) is 0.857. The molecule has 1 aromatic heterocycles. The van der Waals surface area contributed by atoms with Crippen LogP contribution in [0.5, 0.6) is 0 Å². The normalized spacial score (nSPS) is 11.3. The molecule has 0 amide bonds. The van der Waals surface area contributed by atoms with E-state index in [1.807, 2.05) is 0 Å². The van der Waals surface area contributed by atoms with Crippen molar-refractivity contribution in [1.29, 1.82) is 0 Å². The van der Waals surface area contributed by atoms with Gasteiger partial charge in [0, 0.05) is 38.6 Å². The van der Waals surface area contributed by atoms with E-state index in [-0.39, 0.29) is 0 Å². The fourth-order valence-electron chi connectivity index (χ4n) is 0.857. The Morgan fingerprint density at radius 1 is 1.62 bits per heavy atom. The van der Waals surface area contributed by atoms with Gasteiger partial charge in [-0.2, -0.15) is 0 Å². The Labute approximate surface area is 77.1 Å². The molecule has 1 rings (SSSR count). The quantitative estimate of drug-likeness (QED) is 0.487. The molecule has 0 fully saturated rings. The molecule has 0 aromatic carbocycles. The molecular formula is C8H13N5. The van der Waals surface area contributed by atoms with Crippen molar-refractivity contribution in [1.82, 2.24) is 15.3 Å². The average Bonchev–Trinajstić information content (AvgIpc) is 2.19. The molecule has 5 nitrogen and oxygen atoms in total. The lowest BCUT2D eigenvalue weighted by atomic mass is 10.3. The smallest absolute Gasteiger partial charge is 0.188 e. The van der Waals surface area contributed by atoms with Gasteiger partial charge in [0.2, 0.25) is 0 Å². The van der Waals surface area contributed by atoms with E-state index in [4.69, 9.17) is 5.73 Å². The number of nitrogens with two attached hydrogens (primary N) is 1. The summed E-state index contributed by atoms with van der Waals surface area (Å²) in [7, 11) is 1.64. The summed E-state index contributed by atoms with van der Waals surface area (Å²) in [5, 5.41) is 2.94. The number of rotatable bonds is 3. The maximum Gasteiger partial charge on any atom is 0.188 e. The minimum absolute atomic E-state index is 0.448. The summed E-state index contributed by atoms with van der Waals surface area (Å²) in [5.41, 5.74) is 6.38. The number of aromatic nitrogens is 2. The third kappa shape index (κ3) is 3.50. The number of hydrogen-bond acceptors (Lipinski definition) is 3. The van der Waals surface area contributed by atoms with Crippen molar-refractivity contribution in [2.24, 2.45) is 10.7 Å². The van der Waals surface area contributed by atoms with Crippen LogP contribution in [0.4, 0.5) is 0 Å². The van der Waals surface area contributed by atoms with Crippen molar-refractivity contribution in [2.45, 2.75) is 6.42 Å². The Kier molecular flexibility index (Phi) is 3.69. The van der Waals surface area contributed by atoms with Crippen molar-refractivity contribution in [2.75, 3.05) is 13.6 Å². The first-order valence-corrected chi connectivity index (χ1v) is 4.04. The van der Waals surface area contributed by atoms with Crippen LogP contribution in [0.25, 0.3) is 0 Å². The number of aliphatic imine (C=N–C) groups is 1. The van der Waals surface area contributed by atoms with E-state index in [9.17, 15) is 0 Å². The van der Waals surface area contributed by atoms with Crippen molar-refractivity contribution in [3.05, 3.63) is 24.3 Å². The number of nitrogens with zero attached hydrogens (tertiary/aromatic N) is 3. The molecule has 1 heterocycles. The van der Waals surface area contributed by atoms with Gasteiger partial charge in [0.25, 0.3) is 0 Å². The molecule has 0 aliphatic carbocycles. The first kappa shape index (κ1) is 9.44. The molecular weight excluding hydrogens is 166 g/mol. The SMILES string of the molecule is CN=C(N)NCCc1cnccn1. The first-order chi connectivity index (χ1) is 6.33. The second kappa shape index (κ2) is 5.08. The number of nitrogens with one attached hydrogen (secondary N) is 1. The summed E-state index contributed by atoms with van der Waals surface area (Å²) in [6, 6.07) is 0. The summed E-state index contributed by atoms with van der Waals surface area (Å²) in [4.78, 5) is 11.8. The molecule has 3 N–H and O–H groups in total. The standard InChI is InChI=1S/C8H13N5/c1-10-8(9)13-3-2-7-6-11-4-5-12-7/h4-6H,2-3H2,1H3,(H3,9,10,13). The van der Waals surface area contributed by atoms with Crippen LogP contribution >= 0.6 is 0 Å². The van der Waals surface area contributed by atoms with Gasteiger partial charge in [0.05, 0.1) is 5.69 Å². The maximum atomic E-state index is 5.44. The van der Waals surface area contributed by atoms with E-state index in [0.29, 0.717) is 5.96 Å². The van der Waals surface area contributed by atoms with Crippen LogP contribution < -0.4 is 11.1 Å². The summed E-state index contributed by atoms with van der Waals surface area (Å²) in [5.74, 6) is 0.448. The van der Waals surface area contributed by atoms with E-state index in [1.165, 1.54) is 0 Å². The average molecular weight is 179 g/mol. The Morgan fingerprint density at radius 2 is 2.46 bits per heavy atom. The Balaban J connectivity index is 2.28. The molecule has 5 heteroatoms. The van der Waals surface area contributed by atoms with E-state index in [2.05, 4.69) is 20.3 Å². The van der Waals surface area contributed by atoms with Crippen LogP contribution in [0.2, 0.25) is 0 Å². The van der Waals surface area contributed by atoms with Crippen LogP contribution in [0.1, 0.15) is 5.69 Å². The molecule has 0 aliphatic heterocycles. The van der Waals surface area contributed by atoms with Gasteiger partial charge in [-0.25, -0.2) is 0 Å². The molecule has 0 radical (unpaired) electrons. The summed E-state index contributed by atoms with van der Waals surface area (Å²) < 4.78 is 0. The topological polar surface area (TPSA) is 76.2 Å². The Hall–Kier alpha value is -1.65. The minimum atomic E-state index is 0.448. The summed E-state index contributed by atoms with van der Waals surface area (Å²) in [6.07, 6.45) is 5.86. The maximum absolute atomic E-state index is 5.44. The van der Waals surface area contributed by atoms with E-state index < -0.39 is 0 Å². The highest BCUT2D eigenvalue weighted by Gasteiger charge is 1.93. The second-order valence-corrected chi connectivity index (χ2v) is 2.48. The highest BCUT2D eigenvalue weighted by Crippen LogP contribution is 1.89. The lowest BCUT2D eigenvalue weighted by Crippen LogP contribution is -2.32. The van der Waals surface area contributed by atoms with Gasteiger partial charge in [-0.15, -0.1) is 0 Å². The molecule has 0 saturated heterocycles. The molecule has 0 atom stereocenters. The highest BCUT2D eigenvalue weighted by atomic mass is 15.1. The zero-order valence-corrected chi connectivity index (χ0v) is 7.57. The van der Waals surface area contributed by atoms with Gasteiger partial charge in [0.1, 0.15) is 0 Å². The third-order valence-electron chi connectivity index (χ3n) is 1.54. The van der Waals surface area contributed by atoms with E-state index in [0.717, 1.165) is 18.7 Å². The van der Waals surface area contributed by atoms with Crippen molar-refractivity contribution < 1.29 is 0 Å². The zero-order chi connectivity index (χ0) is 9.52. The predicted molar refractivity (Wildman–Crippen MR) is 51.3 cm³/mol. The molecule has 70 valence electrons. The van der Waals surface area contributed by atoms with Crippen LogP contribution in [0.3, 0.4) is 0 Å². The first-order valence-electron chi connectivity index (χ1n) is 4.04. The largest absolute Gasteiger partial charge is 0.370 e. The highest BCUT2D eigenvalue weighted by molar-refractivity contribution is 5.77. The second-order valence-electron chi connectivity index (χ2n) is 2.48. The Morgan fingerprint density at radius 3 is 3.08 bits per heavy atom. The lowest BCUT2D eigenvalue weighted by molar-refractivity contribution is 0.827. The molecule has 1 aromatic rings. The molecule has 13 heavy (non-hydrogen) atoms. The monoisotopic (exact) mass is 179 g/mol. The molecule has 0 spiro atoms. The van der Waals surface area contributed by atoms with Crippen molar-refractivity contribution >= 4 is 5.96 Å². The van der Waals surface area contributed by atoms with E-state index >= 15 is 0 Å². The fraction of sp³-hybridized carbons (Fsp3) is 0.375. The van der Waals surface area contributed by atoms with Crippen LogP contribution in [0, 0.1) is 0 Å². The van der Waals surface area contributed by atoms with Crippen LogP contribution in [-0.2, 0) is 6.42 Å². The van der Waals surface area contributed by atoms with Gasteiger partial charge < -0.3 is 11.1 Å². The van der Waals surface area contributed by atoms with Crippen LogP contribution in [-0.4, -0.2) is 29.5 Å². The summed E-state index contributed by atoms with van der Waals surface area (Å²) >= 11 is 0. The van der Waals surface area contributed by atoms with Crippen molar-refractivity contribution in [3.8, 4) is 0 Å². The van der Waals surface area contributed by atoms with Gasteiger partial charge >= 0.3 is 0 Å². The molecule has 0 unspecified atom stereocenters. The van der Waals surface area contributed by atoms with Gasteiger partial charge in [-0.3, -0.25) is 15.0 Å². The van der Waals surface area contributed by atoms with Crippen molar-refractivity contribution in [3.63, 3.8) is 0 Å². The lowest BCUT2D eigenvalue weighted by Gasteiger charge is -2.02. The zero-order valence-electron chi connectivity index (χ0n) is 7.57. The predicted octanol–water partition coefficient (Wildman–Crippen LogP) is -0.447. The summed E-state index contributed by atoms with van der Waals surface area (Å²) in [6.45, 7) is 0.724. The Bertz CT molecular complexity index is 269. The minimum Gasteiger partial charge on any atom is -0.370 e. The van der Waals surface area contributed by atoms with Gasteiger partial charge in [-0.05, 0) is 0 Å². The number of guanidine groups is 1. The molecule has 0 aliphatic rings. The number of hydrogen-bond donors (Lipinski definition) is 2.